The Hall–Kier alpha value is -6.49. The summed E-state index contributed by atoms with van der Waals surface area (Å²) in [7, 11) is 0. The maximum atomic E-state index is 5.02. The van der Waals surface area contributed by atoms with E-state index >= 15 is 0 Å². The molecule has 0 atom stereocenters. The molecule has 0 fully saturated rings. The molecule has 11 heteroatoms. The Morgan fingerprint density at radius 3 is 1.02 bits per heavy atom. The fraction of sp³-hybridized carbons (Fsp3) is 0.125. The number of hydrogen-bond acceptors (Lipinski definition) is 7. The zero-order valence-corrected chi connectivity index (χ0v) is 28.4. The fourth-order valence-electron chi connectivity index (χ4n) is 6.67. The lowest BCUT2D eigenvalue weighted by Gasteiger charge is -1.96. The van der Waals surface area contributed by atoms with Crippen LogP contribution in [0, 0.1) is 6.92 Å². The standard InChI is InChI=1S/C32H18N8.C8H14N2.B/c1-2-10-18-17(9-1)25-33-26(18)38-28-21-13-5-6-14-22(21)30(35-28)40-32-24-16-8-7-15-23(24)31(36-32)39-29-20-12-4-3-11-19(20)27(34-29)37-25;1-4-7-6(3)9-8(5-2)10-7;/h1-16H,(H2,33,34,35,36,37,38,39,40);4-5H2,1-3H3,(H,9,10);. The Balaban J connectivity index is 0.000000297. The summed E-state index contributed by atoms with van der Waals surface area (Å²) in [6.45, 7) is 6.31. The molecule has 0 saturated carbocycles. The van der Waals surface area contributed by atoms with Gasteiger partial charge in [0.2, 0.25) is 0 Å². The van der Waals surface area contributed by atoms with Gasteiger partial charge in [-0.3, -0.25) is 0 Å². The van der Waals surface area contributed by atoms with E-state index in [-0.39, 0.29) is 8.41 Å². The van der Waals surface area contributed by atoms with Gasteiger partial charge in [-0.1, -0.05) is 111 Å². The van der Waals surface area contributed by atoms with Gasteiger partial charge in [-0.05, 0) is 13.3 Å². The minimum Gasteiger partial charge on any atom is -0.346 e. The summed E-state index contributed by atoms with van der Waals surface area (Å²) in [6.07, 6.45) is 2.03. The van der Waals surface area contributed by atoms with E-state index in [1.54, 1.807) is 0 Å². The van der Waals surface area contributed by atoms with Crippen LogP contribution in [0.3, 0.4) is 0 Å². The lowest BCUT2D eigenvalue weighted by Crippen LogP contribution is -1.83. The minimum absolute atomic E-state index is 0. The topological polar surface area (TPSA) is 138 Å². The molecule has 3 radical (unpaired) electrons. The third-order valence-electron chi connectivity index (χ3n) is 9.16. The summed E-state index contributed by atoms with van der Waals surface area (Å²) in [5, 5.41) is 3.82. The molecule has 0 unspecified atom stereocenters. The number of nitrogens with one attached hydrogen (secondary N) is 3. The number of imidazole rings is 1. The van der Waals surface area contributed by atoms with E-state index < -0.39 is 0 Å². The van der Waals surface area contributed by atoms with Gasteiger partial charge < -0.3 is 15.0 Å². The van der Waals surface area contributed by atoms with Gasteiger partial charge in [0.05, 0.1) is 5.69 Å². The van der Waals surface area contributed by atoms with Gasteiger partial charge in [0.1, 0.15) is 28.4 Å². The second kappa shape index (κ2) is 12.8. The molecule has 0 saturated heterocycles. The van der Waals surface area contributed by atoms with E-state index in [0.717, 1.165) is 62.5 Å². The van der Waals surface area contributed by atoms with Gasteiger partial charge >= 0.3 is 0 Å². The Morgan fingerprint density at radius 1 is 0.412 bits per heavy atom. The van der Waals surface area contributed by atoms with Crippen LogP contribution in [-0.2, 0) is 12.8 Å². The molecule has 245 valence electrons. The summed E-state index contributed by atoms with van der Waals surface area (Å²) in [5.74, 6) is 3.49. The maximum Gasteiger partial charge on any atom is 0.164 e. The van der Waals surface area contributed by atoms with Crippen molar-refractivity contribution in [1.82, 2.24) is 49.8 Å². The highest BCUT2D eigenvalue weighted by atomic mass is 15.1. The number of aromatic amines is 3. The molecule has 3 N–H and O–H groups in total. The van der Waals surface area contributed by atoms with Crippen LogP contribution in [0.15, 0.2) is 97.1 Å². The molecular weight excluding hydrogens is 631 g/mol. The molecule has 51 heavy (non-hydrogen) atoms. The van der Waals surface area contributed by atoms with Gasteiger partial charge in [0, 0.05) is 64.3 Å². The molecular formula is C40H32BN10. The molecule has 0 aliphatic carbocycles. The quantitative estimate of drug-likeness (QED) is 0.158. The molecule has 2 aliphatic heterocycles. The zero-order chi connectivity index (χ0) is 33.8. The molecule has 10 rings (SSSR count). The average molecular weight is 664 g/mol. The molecule has 4 aromatic carbocycles. The Bertz CT molecular complexity index is 2460. The van der Waals surface area contributed by atoms with Crippen molar-refractivity contribution in [2.45, 2.75) is 33.6 Å². The number of nitrogens with zero attached hydrogens (tertiary/aromatic N) is 7. The third kappa shape index (κ3) is 5.43. The normalized spacial score (nSPS) is 11.4. The number of fused-ring (bicyclic) bond motifs is 20. The first kappa shape index (κ1) is 31.8. The van der Waals surface area contributed by atoms with Gasteiger partial charge in [0.15, 0.2) is 23.3 Å². The summed E-state index contributed by atoms with van der Waals surface area (Å²) in [5.41, 5.74) is 8.88. The largest absolute Gasteiger partial charge is 0.346 e. The lowest BCUT2D eigenvalue weighted by molar-refractivity contribution is 0.962. The van der Waals surface area contributed by atoms with Crippen molar-refractivity contribution >= 4 is 52.5 Å². The first-order chi connectivity index (χ1) is 24.6. The SMILES string of the molecule is CCc1nc(CC)c(C)[nH]1.[B].c1ccc2c(c1)-c1nc-2nc2[nH]c(nc3nc(nc4[nH]c(n1)c1ccccc41)-c1ccccc1-3)c1ccccc21. The molecule has 0 amide bonds. The van der Waals surface area contributed by atoms with Crippen LogP contribution in [-0.4, -0.2) is 58.3 Å². The molecule has 10 nitrogen and oxygen atoms in total. The number of aryl methyl sites for hydroxylation is 3. The van der Waals surface area contributed by atoms with Crippen molar-refractivity contribution in [2.24, 2.45) is 0 Å². The highest BCUT2D eigenvalue weighted by Gasteiger charge is 2.21. The van der Waals surface area contributed by atoms with Gasteiger partial charge in [0.25, 0.3) is 0 Å². The van der Waals surface area contributed by atoms with Gasteiger partial charge in [-0.2, -0.15) is 0 Å². The lowest BCUT2D eigenvalue weighted by atomic mass is 10.1. The second-order valence-corrected chi connectivity index (χ2v) is 12.3. The summed E-state index contributed by atoms with van der Waals surface area (Å²) >= 11 is 0. The second-order valence-electron chi connectivity index (χ2n) is 12.3. The van der Waals surface area contributed by atoms with Crippen molar-refractivity contribution in [1.29, 1.82) is 0 Å². The number of rotatable bonds is 2. The van der Waals surface area contributed by atoms with Crippen molar-refractivity contribution in [3.63, 3.8) is 0 Å². The van der Waals surface area contributed by atoms with E-state index in [9.17, 15) is 0 Å². The Morgan fingerprint density at radius 2 is 0.745 bits per heavy atom. The monoisotopic (exact) mass is 663 g/mol. The predicted molar refractivity (Wildman–Crippen MR) is 204 cm³/mol. The van der Waals surface area contributed by atoms with E-state index in [4.69, 9.17) is 29.9 Å². The molecule has 0 spiro atoms. The van der Waals surface area contributed by atoms with Crippen molar-refractivity contribution in [2.75, 3.05) is 0 Å². The first-order valence-electron chi connectivity index (χ1n) is 16.8. The van der Waals surface area contributed by atoms with E-state index in [1.807, 2.05) is 97.1 Å². The van der Waals surface area contributed by atoms with Crippen LogP contribution in [0.5, 0.6) is 0 Å². The smallest absolute Gasteiger partial charge is 0.164 e. The Kier molecular flexibility index (Phi) is 7.95. The van der Waals surface area contributed by atoms with Crippen LogP contribution < -0.4 is 0 Å². The number of hydrogen-bond donors (Lipinski definition) is 3. The minimum atomic E-state index is 0. The fourth-order valence-corrected chi connectivity index (χ4v) is 6.67. The van der Waals surface area contributed by atoms with Crippen molar-refractivity contribution in [3.05, 3.63) is 114 Å². The Labute approximate surface area is 295 Å². The number of H-pyrrole nitrogens is 3. The molecule has 8 bridgehead atoms. The number of aromatic nitrogens is 10. The number of benzene rings is 4. The van der Waals surface area contributed by atoms with E-state index in [2.05, 4.69) is 40.7 Å². The summed E-state index contributed by atoms with van der Waals surface area (Å²) in [4.78, 5) is 44.4. The van der Waals surface area contributed by atoms with Crippen molar-refractivity contribution < 1.29 is 0 Å². The van der Waals surface area contributed by atoms with Gasteiger partial charge in [-0.25, -0.2) is 34.9 Å². The molecule has 2 aliphatic rings. The zero-order valence-electron chi connectivity index (χ0n) is 28.4. The van der Waals surface area contributed by atoms with Gasteiger partial charge in [-0.15, -0.1) is 0 Å². The van der Waals surface area contributed by atoms with Crippen LogP contribution in [0.2, 0.25) is 0 Å². The maximum absolute atomic E-state index is 5.02. The predicted octanol–water partition coefficient (Wildman–Crippen LogP) is 8.33. The molecule has 8 aromatic rings. The molecule has 6 heterocycles. The molecule has 4 aromatic heterocycles. The van der Waals surface area contributed by atoms with Crippen LogP contribution >= 0.6 is 0 Å². The average Bonchev–Trinajstić information content (AvgIpc) is 3.96. The summed E-state index contributed by atoms with van der Waals surface area (Å²) in [6, 6.07) is 32.2. The third-order valence-corrected chi connectivity index (χ3v) is 9.16. The first-order valence-corrected chi connectivity index (χ1v) is 16.8. The van der Waals surface area contributed by atoms with E-state index in [1.165, 1.54) is 11.4 Å². The highest BCUT2D eigenvalue weighted by Crippen LogP contribution is 2.36. The van der Waals surface area contributed by atoms with E-state index in [0.29, 0.717) is 45.9 Å². The van der Waals surface area contributed by atoms with Crippen LogP contribution in [0.4, 0.5) is 0 Å². The van der Waals surface area contributed by atoms with Crippen LogP contribution in [0.25, 0.3) is 89.7 Å². The van der Waals surface area contributed by atoms with Crippen LogP contribution in [0.1, 0.15) is 31.1 Å². The summed E-state index contributed by atoms with van der Waals surface area (Å²) < 4.78 is 0. The van der Waals surface area contributed by atoms with Crippen molar-refractivity contribution in [3.8, 4) is 45.6 Å². The highest BCUT2D eigenvalue weighted by molar-refractivity contribution is 6.06.